The quantitative estimate of drug-likeness (QED) is 0.596. The normalized spacial score (nSPS) is 35.4. The molecule has 0 aliphatic carbocycles. The summed E-state index contributed by atoms with van der Waals surface area (Å²) in [5.41, 5.74) is 0. The molecule has 1 unspecified atom stereocenters. The first-order valence-corrected chi connectivity index (χ1v) is 4.95. The summed E-state index contributed by atoms with van der Waals surface area (Å²) >= 11 is 5.70. The van der Waals surface area contributed by atoms with Gasteiger partial charge in [0, 0.05) is 25.0 Å². The molecule has 3 fully saturated rings. The Morgan fingerprint density at radius 2 is 2.17 bits per heavy atom. The van der Waals surface area contributed by atoms with Crippen molar-refractivity contribution >= 4 is 17.5 Å². The van der Waals surface area contributed by atoms with E-state index in [1.807, 2.05) is 4.90 Å². The molecule has 2 bridgehead atoms. The van der Waals surface area contributed by atoms with Gasteiger partial charge in [-0.1, -0.05) is 0 Å². The summed E-state index contributed by atoms with van der Waals surface area (Å²) in [5.74, 6) is 0.580. The van der Waals surface area contributed by atoms with Gasteiger partial charge in [0.15, 0.2) is 0 Å². The number of amides is 1. The molecule has 1 N–H and O–H groups in total. The lowest BCUT2D eigenvalue weighted by molar-refractivity contribution is -0.131. The number of hydrogen-bond donors (Lipinski definition) is 1. The van der Waals surface area contributed by atoms with E-state index in [4.69, 9.17) is 11.6 Å². The van der Waals surface area contributed by atoms with Crippen LogP contribution in [0.5, 0.6) is 0 Å². The number of fused-ring (bicyclic) bond motifs is 4. The topological polar surface area (TPSA) is 32.3 Å². The van der Waals surface area contributed by atoms with Gasteiger partial charge in [-0.15, -0.1) is 11.6 Å². The monoisotopic (exact) mass is 188 g/mol. The molecule has 68 valence electrons. The Bertz CT molecular complexity index is 189. The van der Waals surface area contributed by atoms with E-state index in [2.05, 4.69) is 5.32 Å². The molecule has 0 saturated carbocycles. The molecule has 12 heavy (non-hydrogen) atoms. The molecular formula is C8H13ClN2O. The van der Waals surface area contributed by atoms with Gasteiger partial charge in [-0.2, -0.15) is 0 Å². The number of carbonyl (C=O) groups excluding carboxylic acids is 1. The largest absolute Gasteiger partial charge is 0.341 e. The highest BCUT2D eigenvalue weighted by molar-refractivity contribution is 6.19. The Morgan fingerprint density at radius 1 is 1.50 bits per heavy atom. The number of nitrogens with zero attached hydrogens (tertiary/aromatic N) is 1. The van der Waals surface area contributed by atoms with Gasteiger partial charge in [-0.25, -0.2) is 0 Å². The zero-order valence-electron chi connectivity index (χ0n) is 6.92. The second kappa shape index (κ2) is 3.23. The summed E-state index contributed by atoms with van der Waals surface area (Å²) in [6.07, 6.45) is 2.16. The summed E-state index contributed by atoms with van der Waals surface area (Å²) in [6.45, 7) is 1.81. The number of piperidine rings is 1. The molecule has 1 atom stereocenters. The molecule has 0 radical (unpaired) electrons. The molecule has 0 aromatic heterocycles. The van der Waals surface area contributed by atoms with E-state index >= 15 is 0 Å². The van der Waals surface area contributed by atoms with Crippen molar-refractivity contribution in [1.29, 1.82) is 0 Å². The van der Waals surface area contributed by atoms with Crippen LogP contribution in [0.15, 0.2) is 0 Å². The first kappa shape index (κ1) is 8.32. The maximum absolute atomic E-state index is 11.6. The van der Waals surface area contributed by atoms with Crippen molar-refractivity contribution in [2.75, 3.05) is 19.0 Å². The Morgan fingerprint density at radius 3 is 2.75 bits per heavy atom. The van der Waals surface area contributed by atoms with E-state index in [1.54, 1.807) is 0 Å². The minimum Gasteiger partial charge on any atom is -0.341 e. The van der Waals surface area contributed by atoms with Gasteiger partial charge in [0.2, 0.25) is 5.91 Å². The van der Waals surface area contributed by atoms with Gasteiger partial charge in [-0.05, 0) is 12.8 Å². The van der Waals surface area contributed by atoms with Crippen LogP contribution in [-0.4, -0.2) is 41.9 Å². The molecule has 3 saturated heterocycles. The van der Waals surface area contributed by atoms with Crippen molar-refractivity contribution in [3.8, 4) is 0 Å². The van der Waals surface area contributed by atoms with Gasteiger partial charge in [0.1, 0.15) is 6.04 Å². The molecule has 3 nitrogen and oxygen atoms in total. The van der Waals surface area contributed by atoms with Crippen LogP contribution in [0.25, 0.3) is 0 Å². The standard InChI is InChI=1S/C8H13ClN2O/c9-5-7-8(12)11-3-1-6(10-7)2-4-11/h6-7,10H,1-5H2. The number of carbonyl (C=O) groups is 1. The van der Waals surface area contributed by atoms with E-state index in [1.165, 1.54) is 0 Å². The summed E-state index contributed by atoms with van der Waals surface area (Å²) in [7, 11) is 0. The number of alkyl halides is 1. The molecule has 3 heterocycles. The summed E-state index contributed by atoms with van der Waals surface area (Å²) in [4.78, 5) is 13.5. The van der Waals surface area contributed by atoms with E-state index in [-0.39, 0.29) is 11.9 Å². The van der Waals surface area contributed by atoms with Gasteiger partial charge in [0.25, 0.3) is 0 Å². The number of rotatable bonds is 1. The first-order valence-electron chi connectivity index (χ1n) is 4.42. The predicted octanol–water partition coefficient (Wildman–Crippen LogP) is 0.188. The molecule has 0 spiro atoms. The van der Waals surface area contributed by atoms with Crippen LogP contribution in [0.1, 0.15) is 12.8 Å². The minimum atomic E-state index is -0.137. The van der Waals surface area contributed by atoms with Crippen molar-refractivity contribution in [3.05, 3.63) is 0 Å². The third-order valence-corrected chi connectivity index (χ3v) is 3.00. The fraction of sp³-hybridized carbons (Fsp3) is 0.875. The van der Waals surface area contributed by atoms with Crippen LogP contribution in [0.3, 0.4) is 0 Å². The lowest BCUT2D eigenvalue weighted by atomic mass is 10.1. The second-order valence-electron chi connectivity index (χ2n) is 3.47. The second-order valence-corrected chi connectivity index (χ2v) is 3.78. The van der Waals surface area contributed by atoms with Crippen LogP contribution in [0.2, 0.25) is 0 Å². The van der Waals surface area contributed by atoms with E-state index in [0.29, 0.717) is 11.9 Å². The zero-order valence-corrected chi connectivity index (χ0v) is 7.68. The molecule has 0 aromatic carbocycles. The maximum Gasteiger partial charge on any atom is 0.240 e. The molecule has 4 heteroatoms. The Kier molecular flexibility index (Phi) is 2.24. The van der Waals surface area contributed by atoms with Crippen LogP contribution in [0.4, 0.5) is 0 Å². The fourth-order valence-corrected chi connectivity index (χ4v) is 2.17. The fourth-order valence-electron chi connectivity index (χ4n) is 1.95. The first-order chi connectivity index (χ1) is 5.81. The van der Waals surface area contributed by atoms with Crippen molar-refractivity contribution < 1.29 is 4.79 Å². The van der Waals surface area contributed by atoms with Crippen LogP contribution < -0.4 is 5.32 Å². The number of nitrogens with one attached hydrogen (secondary N) is 1. The van der Waals surface area contributed by atoms with Crippen molar-refractivity contribution in [2.45, 2.75) is 24.9 Å². The van der Waals surface area contributed by atoms with Gasteiger partial charge in [0.05, 0.1) is 0 Å². The Labute approximate surface area is 77.1 Å². The van der Waals surface area contributed by atoms with Crippen LogP contribution in [-0.2, 0) is 4.79 Å². The van der Waals surface area contributed by atoms with Gasteiger partial charge in [-0.3, -0.25) is 4.79 Å². The lowest BCUT2D eigenvalue weighted by Crippen LogP contribution is -2.43. The van der Waals surface area contributed by atoms with Crippen LogP contribution in [0, 0.1) is 0 Å². The van der Waals surface area contributed by atoms with Crippen LogP contribution >= 0.6 is 11.6 Å². The van der Waals surface area contributed by atoms with Crippen molar-refractivity contribution in [2.24, 2.45) is 0 Å². The molecule has 0 aromatic rings. The van der Waals surface area contributed by atoms with E-state index < -0.39 is 0 Å². The van der Waals surface area contributed by atoms with E-state index in [9.17, 15) is 4.79 Å². The molecular weight excluding hydrogens is 176 g/mol. The SMILES string of the molecule is O=C1C(CCl)NC2CCN1CC2. The van der Waals surface area contributed by atoms with Crippen molar-refractivity contribution in [3.63, 3.8) is 0 Å². The summed E-state index contributed by atoms with van der Waals surface area (Å²) < 4.78 is 0. The lowest BCUT2D eigenvalue weighted by Gasteiger charge is -2.26. The highest BCUT2D eigenvalue weighted by atomic mass is 35.5. The molecule has 1 amide bonds. The predicted molar refractivity (Wildman–Crippen MR) is 47.2 cm³/mol. The molecule has 3 aliphatic rings. The molecule has 3 rings (SSSR count). The highest BCUT2D eigenvalue weighted by Crippen LogP contribution is 2.17. The average molecular weight is 189 g/mol. The molecule has 3 aliphatic heterocycles. The number of halogens is 1. The summed E-state index contributed by atoms with van der Waals surface area (Å²) in [6, 6.07) is 0.373. The smallest absolute Gasteiger partial charge is 0.240 e. The van der Waals surface area contributed by atoms with Gasteiger partial charge >= 0.3 is 0 Å². The van der Waals surface area contributed by atoms with E-state index in [0.717, 1.165) is 25.9 Å². The van der Waals surface area contributed by atoms with Crippen molar-refractivity contribution in [1.82, 2.24) is 10.2 Å². The third kappa shape index (κ3) is 1.31. The highest BCUT2D eigenvalue weighted by Gasteiger charge is 2.33. The average Bonchev–Trinajstić information content (AvgIpc) is 2.36. The minimum absolute atomic E-state index is 0.137. The Hall–Kier alpha value is -0.280. The third-order valence-electron chi connectivity index (χ3n) is 2.70. The van der Waals surface area contributed by atoms with Gasteiger partial charge < -0.3 is 10.2 Å². The number of hydrogen-bond acceptors (Lipinski definition) is 2. The summed E-state index contributed by atoms with van der Waals surface area (Å²) in [5, 5.41) is 3.28. The zero-order chi connectivity index (χ0) is 8.55. The Balaban J connectivity index is 2.15. The maximum atomic E-state index is 11.6.